The van der Waals surface area contributed by atoms with Crippen LogP contribution in [0, 0.1) is 5.41 Å². The predicted molar refractivity (Wildman–Crippen MR) is 188 cm³/mol. The van der Waals surface area contributed by atoms with E-state index in [4.69, 9.17) is 14.6 Å². The Morgan fingerprint density at radius 1 is 0.672 bits per heavy atom. The summed E-state index contributed by atoms with van der Waals surface area (Å²) in [4.78, 5) is 80.0. The predicted octanol–water partition coefficient (Wildman–Crippen LogP) is 1.99. The molecule has 1 aliphatic carbocycles. The van der Waals surface area contributed by atoms with Crippen molar-refractivity contribution in [2.24, 2.45) is 0 Å². The molecule has 3 amide bonds. The number of anilines is 2. The number of hydrogen-bond donors (Lipinski definition) is 11. The van der Waals surface area contributed by atoms with Gasteiger partial charge in [-0.1, -0.05) is 0 Å². The van der Waals surface area contributed by atoms with Crippen LogP contribution < -0.4 is 31.4 Å². The minimum absolute atomic E-state index is 0.280. The number of carboxylic acids is 3. The van der Waals surface area contributed by atoms with Crippen LogP contribution in [-0.4, -0.2) is 108 Å². The molecule has 0 fully saturated rings. The van der Waals surface area contributed by atoms with Crippen molar-refractivity contribution >= 4 is 58.1 Å². The maximum Gasteiger partial charge on any atom is 0.420 e. The third-order valence-electron chi connectivity index (χ3n) is 8.99. The number of rotatable bonds is 12. The zero-order valence-corrected chi connectivity index (χ0v) is 30.9. The van der Waals surface area contributed by atoms with Gasteiger partial charge in [0.2, 0.25) is 0 Å². The van der Waals surface area contributed by atoms with Gasteiger partial charge in [0.15, 0.2) is 41.0 Å². The van der Waals surface area contributed by atoms with Crippen molar-refractivity contribution < 1.29 is 94.9 Å². The molecule has 0 radical (unpaired) electrons. The molecule has 0 saturated heterocycles. The number of carbonyl (C=O) groups is 6. The molecule has 11 N–H and O–H groups in total. The molecule has 0 unspecified atom stereocenters. The Balaban J connectivity index is 1.91. The molecular formula is C35H30F6N6O14. The lowest BCUT2D eigenvalue weighted by molar-refractivity contribution is -0.142. The maximum absolute atomic E-state index is 14.5. The van der Waals surface area contributed by atoms with Gasteiger partial charge in [0.05, 0.1) is 46.0 Å². The largest absolute Gasteiger partial charge is 0.480 e. The second-order valence-corrected chi connectivity index (χ2v) is 13.4. The zero-order valence-electron chi connectivity index (χ0n) is 30.9. The number of ether oxygens (including phenoxy) is 1. The number of hydrogen-bond acceptors (Lipinski definition) is 14. The summed E-state index contributed by atoms with van der Waals surface area (Å²) >= 11 is 0. The van der Waals surface area contributed by atoms with Crippen LogP contribution in [0.25, 0.3) is 22.6 Å². The number of nitrogens with one attached hydrogen (secondary N) is 5. The smallest absolute Gasteiger partial charge is 0.420 e. The average molecular weight is 873 g/mol. The average Bonchev–Trinajstić information content (AvgIpc) is 3.14. The Kier molecular flexibility index (Phi) is 11.9. The SMILES string of the molecule is C[C@H](O)[C@H](NC(=O)c1ccc(C(F)(F)F)c2c1Nc1c(c3oc4c(C(F)(F)F)ccc(C(=O)N[C@H](C(=O)O)[C@H](C)O)c4nc-3c(=N)c1C(=O)N[C@H](C(=O)O)[C@H](C)O)O2)C(=O)O. The number of halogens is 6. The van der Waals surface area contributed by atoms with E-state index >= 15 is 0 Å². The van der Waals surface area contributed by atoms with Crippen LogP contribution in [0.4, 0.5) is 37.7 Å². The summed E-state index contributed by atoms with van der Waals surface area (Å²) in [6.45, 7) is 2.82. The van der Waals surface area contributed by atoms with Gasteiger partial charge < -0.3 is 61.1 Å². The first-order valence-electron chi connectivity index (χ1n) is 17.1. The molecule has 6 atom stereocenters. The van der Waals surface area contributed by atoms with Crippen molar-refractivity contribution in [1.29, 1.82) is 5.41 Å². The van der Waals surface area contributed by atoms with Gasteiger partial charge in [0, 0.05) is 0 Å². The highest BCUT2D eigenvalue weighted by Crippen LogP contribution is 2.54. The number of benzene rings is 3. The summed E-state index contributed by atoms with van der Waals surface area (Å²) in [6, 6.07) is -4.69. The van der Waals surface area contributed by atoms with E-state index in [0.717, 1.165) is 20.8 Å². The van der Waals surface area contributed by atoms with Gasteiger partial charge in [-0.15, -0.1) is 0 Å². The quantitative estimate of drug-likeness (QED) is 0.0631. The lowest BCUT2D eigenvalue weighted by Gasteiger charge is -2.30. The van der Waals surface area contributed by atoms with E-state index in [1.54, 1.807) is 0 Å². The fraction of sp³-hybridized carbons (Fsp3) is 0.314. The van der Waals surface area contributed by atoms with Crippen LogP contribution in [0.2, 0.25) is 0 Å². The normalized spacial score (nSPS) is 15.4. The molecule has 2 aromatic rings. The van der Waals surface area contributed by atoms with Crippen molar-refractivity contribution in [3.8, 4) is 23.0 Å². The van der Waals surface area contributed by atoms with Crippen molar-refractivity contribution in [3.63, 3.8) is 0 Å². The topological polar surface area (TPSA) is 331 Å². The van der Waals surface area contributed by atoms with Crippen LogP contribution in [0.1, 0.15) is 63.0 Å². The van der Waals surface area contributed by atoms with Crippen LogP contribution in [-0.2, 0) is 26.7 Å². The second kappa shape index (κ2) is 16.2. The van der Waals surface area contributed by atoms with E-state index in [2.05, 4.69) is 10.3 Å². The zero-order chi connectivity index (χ0) is 45.8. The highest BCUT2D eigenvalue weighted by molar-refractivity contribution is 6.11. The fourth-order valence-electron chi connectivity index (χ4n) is 6.01. The van der Waals surface area contributed by atoms with Gasteiger partial charge in [0.25, 0.3) is 17.7 Å². The van der Waals surface area contributed by atoms with Crippen LogP contribution in [0.5, 0.6) is 11.5 Å². The summed E-state index contributed by atoms with van der Waals surface area (Å²) < 4.78 is 98.3. The summed E-state index contributed by atoms with van der Waals surface area (Å²) in [7, 11) is 0. The van der Waals surface area contributed by atoms with E-state index in [1.807, 2.05) is 16.0 Å². The first-order valence-corrected chi connectivity index (χ1v) is 17.1. The Bertz CT molecular complexity index is 2540. The summed E-state index contributed by atoms with van der Waals surface area (Å²) in [6.07, 6.45) is -16.2. The molecule has 0 spiro atoms. The lowest BCUT2D eigenvalue weighted by atomic mass is 9.98. The Hall–Kier alpha value is -7.06. The Morgan fingerprint density at radius 3 is 1.57 bits per heavy atom. The number of carboxylic acid groups (broad SMARTS) is 3. The van der Waals surface area contributed by atoms with Gasteiger partial charge in [-0.2, -0.15) is 26.3 Å². The molecule has 3 aliphatic rings. The van der Waals surface area contributed by atoms with E-state index in [-0.39, 0.29) is 12.1 Å². The fourth-order valence-corrected chi connectivity index (χ4v) is 6.01. The van der Waals surface area contributed by atoms with Gasteiger partial charge in [-0.05, 0) is 45.0 Å². The first kappa shape index (κ1) is 45.0. The number of fused-ring (bicyclic) bond motifs is 5. The highest BCUT2D eigenvalue weighted by Gasteiger charge is 2.44. The molecule has 326 valence electrons. The highest BCUT2D eigenvalue weighted by atomic mass is 19.4. The Labute approximate surface area is 334 Å². The lowest BCUT2D eigenvalue weighted by Crippen LogP contribution is -2.49. The molecule has 2 aromatic carbocycles. The van der Waals surface area contributed by atoms with Gasteiger partial charge in [-0.3, -0.25) is 19.8 Å². The summed E-state index contributed by atoms with van der Waals surface area (Å²) in [5.41, 5.74) is -11.8. The van der Waals surface area contributed by atoms with Crippen molar-refractivity contribution in [2.75, 3.05) is 5.32 Å². The number of aromatic nitrogens is 1. The number of nitrogens with zero attached hydrogens (tertiary/aromatic N) is 1. The van der Waals surface area contributed by atoms with Crippen LogP contribution in [0.15, 0.2) is 28.7 Å². The van der Waals surface area contributed by atoms with Gasteiger partial charge in [0.1, 0.15) is 28.0 Å². The minimum Gasteiger partial charge on any atom is -0.480 e. The monoisotopic (exact) mass is 872 g/mol. The third-order valence-corrected chi connectivity index (χ3v) is 8.99. The minimum atomic E-state index is -5.37. The first-order chi connectivity index (χ1) is 28.2. The van der Waals surface area contributed by atoms with Crippen molar-refractivity contribution in [3.05, 3.63) is 57.4 Å². The molecule has 0 saturated carbocycles. The van der Waals surface area contributed by atoms with E-state index in [0.29, 0.717) is 12.1 Å². The van der Waals surface area contributed by atoms with E-state index in [1.165, 1.54) is 0 Å². The van der Waals surface area contributed by atoms with Crippen molar-refractivity contribution in [2.45, 2.75) is 69.6 Å². The molecule has 0 aromatic heterocycles. The van der Waals surface area contributed by atoms with Gasteiger partial charge in [-0.25, -0.2) is 19.4 Å². The molecule has 2 aliphatic heterocycles. The number of alkyl halides is 6. The number of aliphatic hydroxyl groups is 3. The molecule has 5 rings (SSSR count). The number of aliphatic hydroxyl groups excluding tert-OH is 3. The standard InChI is InChI=1S/C35H30F6N6O14/c1-8(48)17(31(54)55)45-28(51)11-4-6-13(34(36,37)38)24-20(11)43-22-15(30(53)47-19(10(3)50)33(58)59)16(42)23-27(26(22)60-24)61-25-14(35(39,40)41)7-5-12(21(25)44-23)29(52)46-18(9(2)49)32(56)57/h4-10,17-19,42-43,48-50H,1-3H3,(H,45,51)(H,46,52)(H,47,53)(H,54,55)(H,56,57)(H,58,59)/t8-,9-,10-,17-,18-,19-/m0/s1. The second-order valence-electron chi connectivity index (χ2n) is 13.4. The number of amides is 3. The molecular weight excluding hydrogens is 842 g/mol. The van der Waals surface area contributed by atoms with Crippen LogP contribution in [0.3, 0.4) is 0 Å². The molecule has 20 nitrogen and oxygen atoms in total. The summed E-state index contributed by atoms with van der Waals surface area (Å²) in [5, 5.41) is 74.1. The molecule has 26 heteroatoms. The van der Waals surface area contributed by atoms with Crippen molar-refractivity contribution in [1.82, 2.24) is 20.9 Å². The third kappa shape index (κ3) is 8.53. The van der Waals surface area contributed by atoms with E-state index < -0.39 is 163 Å². The molecule has 0 bridgehead atoms. The van der Waals surface area contributed by atoms with E-state index in [9.17, 15) is 85.7 Å². The van der Waals surface area contributed by atoms with Crippen LogP contribution >= 0.6 is 0 Å². The molecule has 2 heterocycles. The number of aliphatic carboxylic acids is 3. The maximum atomic E-state index is 14.5. The number of carbonyl (C=O) groups excluding carboxylic acids is 3. The Morgan fingerprint density at radius 2 is 1.11 bits per heavy atom. The molecule has 61 heavy (non-hydrogen) atoms. The summed E-state index contributed by atoms with van der Waals surface area (Å²) in [5.74, 6) is -13.7. The van der Waals surface area contributed by atoms with Gasteiger partial charge >= 0.3 is 30.3 Å².